The second kappa shape index (κ2) is 15.8. The maximum atomic E-state index is 7.93. The van der Waals surface area contributed by atoms with Gasteiger partial charge in [0.2, 0.25) is 6.29 Å². The molecule has 0 heterocycles. The van der Waals surface area contributed by atoms with Gasteiger partial charge in [-0.25, -0.2) is 9.78 Å². The van der Waals surface area contributed by atoms with Crippen LogP contribution in [0.5, 0.6) is 0 Å². The smallest absolute Gasteiger partial charge is 0.217 e. The maximum absolute atomic E-state index is 7.93. The minimum absolute atomic E-state index is 0.587. The van der Waals surface area contributed by atoms with Gasteiger partial charge in [0.05, 0.1) is 13.2 Å². The summed E-state index contributed by atoms with van der Waals surface area (Å²) >= 11 is 0. The molecule has 0 unspecified atom stereocenters. The molecular formula is C10H20O5. The molecule has 0 saturated carbocycles. The average molecular weight is 220 g/mol. The highest BCUT2D eigenvalue weighted by molar-refractivity contribution is 4.96. The molecular weight excluding hydrogens is 200 g/mol. The minimum atomic E-state index is -1.46. The van der Waals surface area contributed by atoms with Crippen molar-refractivity contribution in [1.29, 1.82) is 0 Å². The Labute approximate surface area is 90.8 Å². The van der Waals surface area contributed by atoms with Crippen molar-refractivity contribution < 1.29 is 25.0 Å². The Bertz CT molecular complexity index is 153. The second-order valence-electron chi connectivity index (χ2n) is 2.48. The molecule has 15 heavy (non-hydrogen) atoms. The molecule has 0 atom stereocenters. The van der Waals surface area contributed by atoms with E-state index in [4.69, 9.17) is 10.2 Å². The monoisotopic (exact) mass is 220 g/mol. The van der Waals surface area contributed by atoms with Crippen molar-refractivity contribution in [2.24, 2.45) is 0 Å². The standard InChI is InChI=1S/C6H14O3.C4H6O2/c1-3-5-7-9-8-6-4-2;1-2-3-4(5)6/h3-6H2,1-2H3;4-6H,1H3. The molecule has 0 aromatic heterocycles. The number of rotatable bonds is 6. The largest absolute Gasteiger partial charge is 0.358 e. The van der Waals surface area contributed by atoms with Crippen molar-refractivity contribution >= 4 is 0 Å². The summed E-state index contributed by atoms with van der Waals surface area (Å²) in [4.78, 5) is 9.13. The molecule has 5 heteroatoms. The molecule has 90 valence electrons. The van der Waals surface area contributed by atoms with E-state index in [2.05, 4.69) is 26.7 Å². The van der Waals surface area contributed by atoms with Crippen LogP contribution in [0.15, 0.2) is 0 Å². The zero-order valence-corrected chi connectivity index (χ0v) is 9.52. The van der Waals surface area contributed by atoms with Gasteiger partial charge in [0, 0.05) is 0 Å². The van der Waals surface area contributed by atoms with Crippen molar-refractivity contribution in [2.45, 2.75) is 39.9 Å². The van der Waals surface area contributed by atoms with E-state index < -0.39 is 6.29 Å². The predicted molar refractivity (Wildman–Crippen MR) is 55.2 cm³/mol. The van der Waals surface area contributed by atoms with Gasteiger partial charge in [0.15, 0.2) is 0 Å². The van der Waals surface area contributed by atoms with E-state index >= 15 is 0 Å². The van der Waals surface area contributed by atoms with Gasteiger partial charge in [-0.15, -0.1) is 5.92 Å². The van der Waals surface area contributed by atoms with Crippen LogP contribution in [-0.4, -0.2) is 29.7 Å². The van der Waals surface area contributed by atoms with Crippen LogP contribution in [0, 0.1) is 11.8 Å². The van der Waals surface area contributed by atoms with Crippen LogP contribution in [-0.2, 0) is 14.8 Å². The van der Waals surface area contributed by atoms with Crippen LogP contribution in [0.1, 0.15) is 33.6 Å². The van der Waals surface area contributed by atoms with E-state index in [0.717, 1.165) is 12.8 Å². The summed E-state index contributed by atoms with van der Waals surface area (Å²) in [7, 11) is 0. The van der Waals surface area contributed by atoms with E-state index in [0.29, 0.717) is 13.2 Å². The fourth-order valence-corrected chi connectivity index (χ4v) is 0.398. The molecule has 0 spiro atoms. The maximum Gasteiger partial charge on any atom is 0.217 e. The minimum Gasteiger partial charge on any atom is -0.358 e. The normalized spacial score (nSPS) is 8.93. The third-order valence-corrected chi connectivity index (χ3v) is 0.945. The molecule has 0 aliphatic heterocycles. The molecule has 0 fully saturated rings. The Kier molecular flexibility index (Phi) is 17.7. The van der Waals surface area contributed by atoms with Crippen molar-refractivity contribution in [3.8, 4) is 11.8 Å². The Morgan fingerprint density at radius 1 is 1.07 bits per heavy atom. The lowest BCUT2D eigenvalue weighted by Gasteiger charge is -1.98. The third-order valence-electron chi connectivity index (χ3n) is 0.945. The molecule has 0 saturated heterocycles. The van der Waals surface area contributed by atoms with Gasteiger partial charge in [0.1, 0.15) is 0 Å². The quantitative estimate of drug-likeness (QED) is 0.230. The Morgan fingerprint density at radius 2 is 1.53 bits per heavy atom. The fraction of sp³-hybridized carbons (Fsp3) is 0.800. The first-order chi connectivity index (χ1) is 7.18. The van der Waals surface area contributed by atoms with Gasteiger partial charge in [-0.2, -0.15) is 0 Å². The number of aliphatic hydroxyl groups excluding tert-OH is 1. The molecule has 2 N–H and O–H groups in total. The van der Waals surface area contributed by atoms with Crippen LogP contribution in [0.2, 0.25) is 0 Å². The van der Waals surface area contributed by atoms with E-state index in [1.54, 1.807) is 6.92 Å². The Morgan fingerprint density at radius 3 is 1.73 bits per heavy atom. The lowest BCUT2D eigenvalue weighted by Crippen LogP contribution is -1.97. The van der Waals surface area contributed by atoms with Crippen molar-refractivity contribution in [1.82, 2.24) is 0 Å². The summed E-state index contributed by atoms with van der Waals surface area (Å²) in [6, 6.07) is 0. The van der Waals surface area contributed by atoms with Crippen LogP contribution < -0.4 is 0 Å². The molecule has 0 rings (SSSR count). The molecule has 5 nitrogen and oxygen atoms in total. The molecule has 0 amide bonds. The highest BCUT2D eigenvalue weighted by atomic mass is 17.5. The third kappa shape index (κ3) is 24.7. The zero-order valence-electron chi connectivity index (χ0n) is 9.52. The van der Waals surface area contributed by atoms with Gasteiger partial charge in [0.25, 0.3) is 0 Å². The van der Waals surface area contributed by atoms with Gasteiger partial charge in [-0.05, 0) is 25.7 Å². The van der Waals surface area contributed by atoms with Crippen LogP contribution in [0.3, 0.4) is 0 Å². The van der Waals surface area contributed by atoms with Gasteiger partial charge < -0.3 is 10.2 Å². The number of hydrogen-bond donors (Lipinski definition) is 2. The Balaban J connectivity index is 0. The first-order valence-corrected chi connectivity index (χ1v) is 4.88. The molecule has 0 aliphatic rings. The number of aliphatic hydroxyl groups is 2. The van der Waals surface area contributed by atoms with Crippen LogP contribution in [0.25, 0.3) is 0 Å². The molecule has 0 aromatic rings. The average Bonchev–Trinajstić information content (AvgIpc) is 2.18. The van der Waals surface area contributed by atoms with Crippen molar-refractivity contribution in [3.63, 3.8) is 0 Å². The van der Waals surface area contributed by atoms with Crippen LogP contribution >= 0.6 is 0 Å². The molecule has 0 aliphatic carbocycles. The van der Waals surface area contributed by atoms with E-state index in [1.807, 2.05) is 13.8 Å². The topological polar surface area (TPSA) is 68.2 Å². The second-order valence-corrected chi connectivity index (χ2v) is 2.48. The van der Waals surface area contributed by atoms with Gasteiger partial charge in [-0.1, -0.05) is 18.9 Å². The van der Waals surface area contributed by atoms with E-state index in [9.17, 15) is 0 Å². The predicted octanol–water partition coefficient (Wildman–Crippen LogP) is 1.01. The van der Waals surface area contributed by atoms with E-state index in [1.165, 1.54) is 0 Å². The summed E-state index contributed by atoms with van der Waals surface area (Å²) in [5.41, 5.74) is 0. The summed E-state index contributed by atoms with van der Waals surface area (Å²) < 4.78 is 0. The number of hydrogen-bond acceptors (Lipinski definition) is 5. The Hall–Kier alpha value is -0.640. The SMILES string of the molecule is CC#CC(O)O.CCCOOOCCC. The zero-order chi connectivity index (χ0) is 11.9. The van der Waals surface area contributed by atoms with Gasteiger partial charge >= 0.3 is 0 Å². The molecule has 0 radical (unpaired) electrons. The summed E-state index contributed by atoms with van der Waals surface area (Å²) in [5, 5.41) is 20.2. The summed E-state index contributed by atoms with van der Waals surface area (Å²) in [6.07, 6.45) is 0.417. The first kappa shape index (κ1) is 16.8. The lowest BCUT2D eigenvalue weighted by molar-refractivity contribution is -0.512. The fourth-order valence-electron chi connectivity index (χ4n) is 0.398. The van der Waals surface area contributed by atoms with Crippen molar-refractivity contribution in [2.75, 3.05) is 13.2 Å². The lowest BCUT2D eigenvalue weighted by atomic mass is 10.5. The summed E-state index contributed by atoms with van der Waals surface area (Å²) in [5.74, 6) is 4.39. The highest BCUT2D eigenvalue weighted by Gasteiger charge is 1.84. The van der Waals surface area contributed by atoms with Gasteiger partial charge in [-0.3, -0.25) is 0 Å². The van der Waals surface area contributed by atoms with Crippen LogP contribution in [0.4, 0.5) is 0 Å². The molecule has 0 aromatic carbocycles. The van der Waals surface area contributed by atoms with E-state index in [-0.39, 0.29) is 0 Å². The van der Waals surface area contributed by atoms with Crippen molar-refractivity contribution in [3.05, 3.63) is 0 Å². The summed E-state index contributed by atoms with van der Waals surface area (Å²) in [6.45, 7) is 6.72. The highest BCUT2D eigenvalue weighted by Crippen LogP contribution is 1.85. The molecule has 0 bridgehead atoms. The first-order valence-electron chi connectivity index (χ1n) is 4.88.